The van der Waals surface area contributed by atoms with Crippen molar-refractivity contribution < 1.29 is 19.1 Å². The topological polar surface area (TPSA) is 108 Å². The van der Waals surface area contributed by atoms with Gasteiger partial charge in [0.25, 0.3) is 5.91 Å². The lowest BCUT2D eigenvalue weighted by molar-refractivity contribution is -0.109. The van der Waals surface area contributed by atoms with Crippen molar-refractivity contribution in [2.45, 2.75) is 19.0 Å². The van der Waals surface area contributed by atoms with E-state index in [0.717, 1.165) is 5.56 Å². The first-order chi connectivity index (χ1) is 14.2. The molecule has 29 heavy (non-hydrogen) atoms. The average Bonchev–Trinajstić information content (AvgIpc) is 3.40. The van der Waals surface area contributed by atoms with E-state index in [1.807, 2.05) is 6.07 Å². The van der Waals surface area contributed by atoms with Crippen LogP contribution in [0.2, 0.25) is 0 Å². The average molecular weight is 390 g/mol. The first-order valence-electron chi connectivity index (χ1n) is 9.01. The number of benzene rings is 1. The molecule has 0 saturated carbocycles. The SMILES string of the molecule is O=CNCc1cc(C(=O)N2N=C(c3cccnc3)CC2c2ccccc2O)co1. The third kappa shape index (κ3) is 3.73. The molecule has 0 saturated heterocycles. The highest BCUT2D eigenvalue weighted by Crippen LogP contribution is 2.37. The molecule has 2 amide bonds. The van der Waals surface area contributed by atoms with E-state index >= 15 is 0 Å². The molecular formula is C21H18N4O4. The second-order valence-corrected chi connectivity index (χ2v) is 6.52. The molecule has 1 aliphatic rings. The summed E-state index contributed by atoms with van der Waals surface area (Å²) in [5.74, 6) is 0.189. The molecule has 0 aliphatic carbocycles. The number of phenolic OH excluding ortho intramolecular Hbond substituents is 1. The molecule has 0 radical (unpaired) electrons. The van der Waals surface area contributed by atoms with Crippen molar-refractivity contribution in [3.05, 3.63) is 83.6 Å². The largest absolute Gasteiger partial charge is 0.508 e. The van der Waals surface area contributed by atoms with Gasteiger partial charge in [0.1, 0.15) is 17.8 Å². The number of phenols is 1. The Labute approximate surface area is 166 Å². The van der Waals surface area contributed by atoms with Crippen LogP contribution in [0.25, 0.3) is 0 Å². The Balaban J connectivity index is 1.68. The zero-order chi connectivity index (χ0) is 20.2. The van der Waals surface area contributed by atoms with Crippen LogP contribution < -0.4 is 5.32 Å². The lowest BCUT2D eigenvalue weighted by Crippen LogP contribution is -2.26. The number of hydrogen-bond acceptors (Lipinski definition) is 6. The number of aromatic hydroxyl groups is 1. The summed E-state index contributed by atoms with van der Waals surface area (Å²) in [5.41, 5.74) is 2.43. The predicted molar refractivity (Wildman–Crippen MR) is 104 cm³/mol. The number of hydrazone groups is 1. The highest BCUT2D eigenvalue weighted by atomic mass is 16.3. The summed E-state index contributed by atoms with van der Waals surface area (Å²) < 4.78 is 5.35. The van der Waals surface area contributed by atoms with E-state index in [0.29, 0.717) is 35.4 Å². The van der Waals surface area contributed by atoms with Crippen molar-refractivity contribution in [1.29, 1.82) is 0 Å². The zero-order valence-corrected chi connectivity index (χ0v) is 15.4. The summed E-state index contributed by atoms with van der Waals surface area (Å²) in [6, 6.07) is 11.7. The van der Waals surface area contributed by atoms with Crippen molar-refractivity contribution in [3.63, 3.8) is 0 Å². The molecule has 1 aromatic carbocycles. The van der Waals surface area contributed by atoms with Crippen LogP contribution >= 0.6 is 0 Å². The summed E-state index contributed by atoms with van der Waals surface area (Å²) in [5, 5.41) is 18.7. The van der Waals surface area contributed by atoms with Gasteiger partial charge in [-0.05, 0) is 18.2 Å². The molecule has 1 atom stereocenters. The van der Waals surface area contributed by atoms with E-state index in [9.17, 15) is 14.7 Å². The molecule has 4 rings (SSSR count). The number of nitrogens with zero attached hydrogens (tertiary/aromatic N) is 3. The van der Waals surface area contributed by atoms with Gasteiger partial charge in [-0.2, -0.15) is 5.10 Å². The fraction of sp³-hybridized carbons (Fsp3) is 0.143. The number of hydrogen-bond donors (Lipinski definition) is 2. The molecule has 2 aromatic heterocycles. The van der Waals surface area contributed by atoms with Crippen LogP contribution in [0, 0.1) is 0 Å². The summed E-state index contributed by atoms with van der Waals surface area (Å²) >= 11 is 0. The monoisotopic (exact) mass is 390 g/mol. The van der Waals surface area contributed by atoms with Crippen LogP contribution in [0.3, 0.4) is 0 Å². The maximum Gasteiger partial charge on any atom is 0.277 e. The van der Waals surface area contributed by atoms with Gasteiger partial charge in [0.05, 0.1) is 23.9 Å². The Morgan fingerprint density at radius 1 is 1.31 bits per heavy atom. The van der Waals surface area contributed by atoms with Gasteiger partial charge < -0.3 is 14.8 Å². The van der Waals surface area contributed by atoms with E-state index in [4.69, 9.17) is 4.42 Å². The van der Waals surface area contributed by atoms with Gasteiger partial charge in [0.2, 0.25) is 6.41 Å². The molecule has 1 aliphatic heterocycles. The third-order valence-corrected chi connectivity index (χ3v) is 4.67. The van der Waals surface area contributed by atoms with E-state index in [-0.39, 0.29) is 18.2 Å². The third-order valence-electron chi connectivity index (χ3n) is 4.67. The van der Waals surface area contributed by atoms with E-state index < -0.39 is 6.04 Å². The van der Waals surface area contributed by atoms with Gasteiger partial charge in [-0.15, -0.1) is 0 Å². The van der Waals surface area contributed by atoms with Gasteiger partial charge in [-0.1, -0.05) is 24.3 Å². The molecule has 2 N–H and O–H groups in total. The lowest BCUT2D eigenvalue weighted by Gasteiger charge is -2.22. The number of pyridine rings is 1. The van der Waals surface area contributed by atoms with Crippen LogP contribution in [0.1, 0.15) is 39.7 Å². The van der Waals surface area contributed by atoms with Crippen LogP contribution in [0.4, 0.5) is 0 Å². The first-order valence-corrected chi connectivity index (χ1v) is 9.01. The first kappa shape index (κ1) is 18.4. The number of carbonyl (C=O) groups is 2. The van der Waals surface area contributed by atoms with Crippen molar-refractivity contribution in [3.8, 4) is 5.75 Å². The standard InChI is InChI=1S/C21H18N4O4/c26-13-23-11-16-8-15(12-29-16)21(28)25-19(17-5-1-2-6-20(17)27)9-18(24-25)14-4-3-7-22-10-14/h1-8,10,12-13,19,27H,9,11H2,(H,23,26). The fourth-order valence-corrected chi connectivity index (χ4v) is 3.28. The lowest BCUT2D eigenvalue weighted by atomic mass is 9.98. The Bertz CT molecular complexity index is 1060. The molecule has 3 aromatic rings. The molecule has 8 nitrogen and oxygen atoms in total. The summed E-state index contributed by atoms with van der Waals surface area (Å²) in [7, 11) is 0. The van der Waals surface area contributed by atoms with Crippen molar-refractivity contribution in [1.82, 2.24) is 15.3 Å². The summed E-state index contributed by atoms with van der Waals surface area (Å²) in [4.78, 5) is 27.8. The van der Waals surface area contributed by atoms with Gasteiger partial charge in [0, 0.05) is 29.9 Å². The van der Waals surface area contributed by atoms with Gasteiger partial charge in [-0.25, -0.2) is 5.01 Å². The minimum absolute atomic E-state index is 0.0982. The predicted octanol–water partition coefficient (Wildman–Crippen LogP) is 2.62. The second kappa shape index (κ2) is 7.97. The minimum Gasteiger partial charge on any atom is -0.508 e. The number of rotatable bonds is 6. The molecule has 0 bridgehead atoms. The number of amides is 2. The van der Waals surface area contributed by atoms with Gasteiger partial charge in [-0.3, -0.25) is 14.6 Å². The Hall–Kier alpha value is -3.94. The maximum absolute atomic E-state index is 13.2. The quantitative estimate of drug-likeness (QED) is 0.629. The Morgan fingerprint density at radius 2 is 2.17 bits per heavy atom. The number of furan rings is 1. The smallest absolute Gasteiger partial charge is 0.277 e. The molecular weight excluding hydrogens is 372 g/mol. The second-order valence-electron chi connectivity index (χ2n) is 6.52. The van der Waals surface area contributed by atoms with E-state index in [2.05, 4.69) is 15.4 Å². The molecule has 3 heterocycles. The van der Waals surface area contributed by atoms with Crippen LogP contribution in [-0.2, 0) is 11.3 Å². The van der Waals surface area contributed by atoms with Crippen LogP contribution in [0.5, 0.6) is 5.75 Å². The normalized spacial score (nSPS) is 15.8. The van der Waals surface area contributed by atoms with Crippen molar-refractivity contribution >= 4 is 18.0 Å². The van der Waals surface area contributed by atoms with Crippen LogP contribution in [0.15, 0.2) is 70.6 Å². The zero-order valence-electron chi connectivity index (χ0n) is 15.4. The number of nitrogens with one attached hydrogen (secondary N) is 1. The molecule has 1 unspecified atom stereocenters. The Morgan fingerprint density at radius 3 is 2.93 bits per heavy atom. The molecule has 0 fully saturated rings. The van der Waals surface area contributed by atoms with E-state index in [1.54, 1.807) is 48.8 Å². The molecule has 8 heteroatoms. The number of aromatic nitrogens is 1. The van der Waals surface area contributed by atoms with Gasteiger partial charge >= 0.3 is 0 Å². The number of carbonyl (C=O) groups excluding carboxylic acids is 2. The highest BCUT2D eigenvalue weighted by molar-refractivity contribution is 6.04. The van der Waals surface area contributed by atoms with Crippen LogP contribution in [-0.4, -0.2) is 33.1 Å². The maximum atomic E-state index is 13.2. The van der Waals surface area contributed by atoms with E-state index in [1.165, 1.54) is 11.3 Å². The Kier molecular flexibility index (Phi) is 5.07. The molecule has 0 spiro atoms. The number of para-hydroxylation sites is 1. The summed E-state index contributed by atoms with van der Waals surface area (Å²) in [6.07, 6.45) is 5.69. The van der Waals surface area contributed by atoms with Crippen molar-refractivity contribution in [2.75, 3.05) is 0 Å². The fourth-order valence-electron chi connectivity index (χ4n) is 3.28. The minimum atomic E-state index is -0.467. The summed E-state index contributed by atoms with van der Waals surface area (Å²) in [6.45, 7) is 0.184. The van der Waals surface area contributed by atoms with Crippen molar-refractivity contribution in [2.24, 2.45) is 5.10 Å². The van der Waals surface area contributed by atoms with Gasteiger partial charge in [0.15, 0.2) is 0 Å². The highest BCUT2D eigenvalue weighted by Gasteiger charge is 2.35. The molecule has 146 valence electrons.